The van der Waals surface area contributed by atoms with Gasteiger partial charge in [0.15, 0.2) is 0 Å². The van der Waals surface area contributed by atoms with Crippen LogP contribution < -0.4 is 4.74 Å². The zero-order valence-electron chi connectivity index (χ0n) is 16.3. The van der Waals surface area contributed by atoms with Crippen LogP contribution in [0, 0.1) is 0 Å². The number of fused-ring (bicyclic) bond motifs is 1. The summed E-state index contributed by atoms with van der Waals surface area (Å²) in [6, 6.07) is 16.3. The molecule has 0 saturated carbocycles. The standard InChI is InChI=1S/C23H20ClNO4S/c1-28-23(27)19-11-16-6-2-3-7-17(16)12-25(19)22(26)21-10-15(14-30-21)13-29-20-9-5-4-8-18(20)24/h2-10,14,19H,11-13H2,1H3. The monoisotopic (exact) mass is 441 g/mol. The maximum Gasteiger partial charge on any atom is 0.328 e. The van der Waals surface area contributed by atoms with Crippen molar-refractivity contribution in [3.05, 3.63) is 86.6 Å². The van der Waals surface area contributed by atoms with E-state index in [2.05, 4.69) is 0 Å². The average molecular weight is 442 g/mol. The Morgan fingerprint density at radius 3 is 2.63 bits per heavy atom. The molecule has 0 aliphatic carbocycles. The lowest BCUT2D eigenvalue weighted by Gasteiger charge is -2.34. The van der Waals surface area contributed by atoms with Crippen LogP contribution in [-0.4, -0.2) is 29.9 Å². The molecule has 2 aromatic carbocycles. The highest BCUT2D eigenvalue weighted by Crippen LogP contribution is 2.28. The van der Waals surface area contributed by atoms with Crippen molar-refractivity contribution in [3.8, 4) is 5.75 Å². The summed E-state index contributed by atoms with van der Waals surface area (Å²) in [6.07, 6.45) is 0.447. The zero-order valence-corrected chi connectivity index (χ0v) is 17.9. The molecule has 154 valence electrons. The Kier molecular flexibility index (Phi) is 6.06. The molecule has 5 nitrogen and oxygen atoms in total. The molecule has 0 N–H and O–H groups in total. The van der Waals surface area contributed by atoms with Gasteiger partial charge in [-0.2, -0.15) is 0 Å². The van der Waals surface area contributed by atoms with E-state index < -0.39 is 12.0 Å². The number of amides is 1. The van der Waals surface area contributed by atoms with Gasteiger partial charge in [-0.3, -0.25) is 4.79 Å². The first-order valence-corrected chi connectivity index (χ1v) is 10.7. The predicted molar refractivity (Wildman–Crippen MR) is 116 cm³/mol. The average Bonchev–Trinajstić information content (AvgIpc) is 3.25. The fraction of sp³-hybridized carbons (Fsp3) is 0.217. The van der Waals surface area contributed by atoms with E-state index in [0.717, 1.165) is 16.7 Å². The molecule has 0 bridgehead atoms. The van der Waals surface area contributed by atoms with Gasteiger partial charge in [-0.15, -0.1) is 11.3 Å². The molecule has 1 amide bonds. The molecular weight excluding hydrogens is 422 g/mol. The number of benzene rings is 2. The third-order valence-electron chi connectivity index (χ3n) is 5.08. The third-order valence-corrected chi connectivity index (χ3v) is 6.36. The Morgan fingerprint density at radius 1 is 1.13 bits per heavy atom. The zero-order chi connectivity index (χ0) is 21.1. The second-order valence-electron chi connectivity index (χ2n) is 6.98. The number of methoxy groups -OCH3 is 1. The Balaban J connectivity index is 1.52. The smallest absolute Gasteiger partial charge is 0.328 e. The highest BCUT2D eigenvalue weighted by Gasteiger charge is 2.36. The quantitative estimate of drug-likeness (QED) is 0.537. The topological polar surface area (TPSA) is 55.8 Å². The lowest BCUT2D eigenvalue weighted by Crippen LogP contribution is -2.49. The van der Waals surface area contributed by atoms with E-state index in [1.807, 2.05) is 41.8 Å². The molecular formula is C23H20ClNO4S. The van der Waals surface area contributed by atoms with Gasteiger partial charge < -0.3 is 14.4 Å². The fourth-order valence-corrected chi connectivity index (χ4v) is 4.55. The highest BCUT2D eigenvalue weighted by atomic mass is 35.5. The van der Waals surface area contributed by atoms with Crippen molar-refractivity contribution < 1.29 is 19.1 Å². The van der Waals surface area contributed by atoms with Crippen LogP contribution in [0.15, 0.2) is 60.0 Å². The van der Waals surface area contributed by atoms with Gasteiger partial charge in [0.2, 0.25) is 0 Å². The van der Waals surface area contributed by atoms with E-state index in [1.54, 1.807) is 23.1 Å². The Labute approximate surface area is 183 Å². The van der Waals surface area contributed by atoms with Crippen LogP contribution in [0.2, 0.25) is 5.02 Å². The number of hydrogen-bond acceptors (Lipinski definition) is 5. The summed E-state index contributed by atoms with van der Waals surface area (Å²) >= 11 is 7.46. The Bertz CT molecular complexity index is 1080. The molecule has 1 aromatic heterocycles. The van der Waals surface area contributed by atoms with Gasteiger partial charge in [0.1, 0.15) is 18.4 Å². The van der Waals surface area contributed by atoms with Crippen molar-refractivity contribution in [2.45, 2.75) is 25.6 Å². The van der Waals surface area contributed by atoms with E-state index in [-0.39, 0.29) is 5.91 Å². The van der Waals surface area contributed by atoms with E-state index in [4.69, 9.17) is 21.1 Å². The van der Waals surface area contributed by atoms with E-state index in [1.165, 1.54) is 18.4 Å². The van der Waals surface area contributed by atoms with Gasteiger partial charge in [0.25, 0.3) is 5.91 Å². The van der Waals surface area contributed by atoms with Crippen molar-refractivity contribution in [2.75, 3.05) is 7.11 Å². The molecule has 7 heteroatoms. The number of halogens is 1. The molecule has 0 spiro atoms. The van der Waals surface area contributed by atoms with Gasteiger partial charge >= 0.3 is 5.97 Å². The second kappa shape index (κ2) is 8.90. The molecule has 2 heterocycles. The minimum Gasteiger partial charge on any atom is -0.487 e. The van der Waals surface area contributed by atoms with Crippen molar-refractivity contribution in [2.24, 2.45) is 0 Å². The Morgan fingerprint density at radius 2 is 1.87 bits per heavy atom. The first-order chi connectivity index (χ1) is 14.6. The number of para-hydroxylation sites is 1. The van der Waals surface area contributed by atoms with Crippen molar-refractivity contribution in [1.29, 1.82) is 0 Å². The maximum atomic E-state index is 13.2. The third kappa shape index (κ3) is 4.20. The molecule has 1 aliphatic rings. The summed E-state index contributed by atoms with van der Waals surface area (Å²) in [5.74, 6) is 0.00205. The SMILES string of the molecule is COC(=O)C1Cc2ccccc2CN1C(=O)c1cc(COc2ccccc2Cl)cs1. The molecule has 0 saturated heterocycles. The molecule has 0 fully saturated rings. The van der Waals surface area contributed by atoms with Crippen molar-refractivity contribution >= 4 is 34.8 Å². The molecule has 1 atom stereocenters. The van der Waals surface area contributed by atoms with Gasteiger partial charge in [-0.05, 0) is 34.7 Å². The summed E-state index contributed by atoms with van der Waals surface area (Å²) in [5, 5.41) is 2.42. The normalized spacial score (nSPS) is 15.4. The van der Waals surface area contributed by atoms with Crippen LogP contribution in [0.1, 0.15) is 26.4 Å². The maximum absolute atomic E-state index is 13.2. The number of nitrogens with zero attached hydrogens (tertiary/aromatic N) is 1. The fourth-order valence-electron chi connectivity index (χ4n) is 3.51. The molecule has 0 radical (unpaired) electrons. The number of carbonyl (C=O) groups excluding carboxylic acids is 2. The second-order valence-corrected chi connectivity index (χ2v) is 8.30. The van der Waals surface area contributed by atoms with E-state index in [9.17, 15) is 9.59 Å². The summed E-state index contributed by atoms with van der Waals surface area (Å²) in [5.41, 5.74) is 2.98. The molecule has 4 rings (SSSR count). The highest BCUT2D eigenvalue weighted by molar-refractivity contribution is 7.12. The number of esters is 1. The van der Waals surface area contributed by atoms with Crippen LogP contribution in [0.5, 0.6) is 5.75 Å². The summed E-state index contributed by atoms with van der Waals surface area (Å²) in [7, 11) is 1.35. The van der Waals surface area contributed by atoms with Gasteiger partial charge in [-0.1, -0.05) is 48.0 Å². The van der Waals surface area contributed by atoms with Crippen LogP contribution in [0.25, 0.3) is 0 Å². The lowest BCUT2D eigenvalue weighted by atomic mass is 9.93. The number of ether oxygens (including phenoxy) is 2. The Hall–Kier alpha value is -2.83. The number of rotatable bonds is 5. The minimum atomic E-state index is -0.637. The lowest BCUT2D eigenvalue weighted by molar-refractivity contribution is -0.146. The number of hydrogen-bond donors (Lipinski definition) is 0. The number of thiophene rings is 1. The molecule has 30 heavy (non-hydrogen) atoms. The van der Waals surface area contributed by atoms with Crippen molar-refractivity contribution in [1.82, 2.24) is 4.90 Å². The van der Waals surface area contributed by atoms with Gasteiger partial charge in [0.05, 0.1) is 17.0 Å². The van der Waals surface area contributed by atoms with Gasteiger partial charge in [0, 0.05) is 18.5 Å². The van der Waals surface area contributed by atoms with Crippen LogP contribution in [0.3, 0.4) is 0 Å². The minimum absolute atomic E-state index is 0.186. The van der Waals surface area contributed by atoms with E-state index >= 15 is 0 Å². The first-order valence-electron chi connectivity index (χ1n) is 9.47. The van der Waals surface area contributed by atoms with E-state index in [0.29, 0.717) is 35.2 Å². The number of carbonyl (C=O) groups is 2. The summed E-state index contributed by atoms with van der Waals surface area (Å²) < 4.78 is 10.7. The van der Waals surface area contributed by atoms with Crippen molar-refractivity contribution in [3.63, 3.8) is 0 Å². The molecule has 1 unspecified atom stereocenters. The van der Waals surface area contributed by atoms with Crippen LogP contribution >= 0.6 is 22.9 Å². The summed E-state index contributed by atoms with van der Waals surface area (Å²) in [6.45, 7) is 0.676. The van der Waals surface area contributed by atoms with Crippen LogP contribution in [0.4, 0.5) is 0 Å². The van der Waals surface area contributed by atoms with Crippen LogP contribution in [-0.2, 0) is 29.1 Å². The summed E-state index contributed by atoms with van der Waals surface area (Å²) in [4.78, 5) is 27.8. The predicted octanol–water partition coefficient (Wildman–Crippen LogP) is 4.72. The first kappa shape index (κ1) is 20.4. The molecule has 3 aromatic rings. The van der Waals surface area contributed by atoms with Gasteiger partial charge in [-0.25, -0.2) is 4.79 Å². The largest absolute Gasteiger partial charge is 0.487 e. The molecule has 1 aliphatic heterocycles.